The van der Waals surface area contributed by atoms with Crippen LogP contribution in [0.4, 0.5) is 0 Å². The van der Waals surface area contributed by atoms with Gasteiger partial charge in [-0.1, -0.05) is 158 Å². The van der Waals surface area contributed by atoms with Crippen LogP contribution in [0.5, 0.6) is 0 Å². The minimum Gasteiger partial charge on any atom is -0.226 e. The summed E-state index contributed by atoms with van der Waals surface area (Å²) in [5.41, 5.74) is 9.18. The third-order valence-corrected chi connectivity index (χ3v) is 12.6. The Bertz CT molecular complexity index is 3230. The largest absolute Gasteiger partial charge is 0.226 e. The van der Waals surface area contributed by atoms with Crippen molar-refractivity contribution < 1.29 is 0 Å². The standard InChI is InChI=1S/C49H29N5S2/c1-4-13-30(14-5-1)31-23-25-34(26-24-31)47-52-46(33-17-8-3-9-18-33)53-48(54-47)35-27-28-36-37-20-12-21-39(44(37)56-41(36)29-35)49-50-42(32-15-6-2-7-16-32)45-43(51-49)38-19-10-11-22-40(38)55-45/h1-29H. The Balaban J connectivity index is 1.05. The Hall–Kier alpha value is -6.93. The van der Waals surface area contributed by atoms with E-state index in [0.29, 0.717) is 17.5 Å². The summed E-state index contributed by atoms with van der Waals surface area (Å²) in [6.45, 7) is 0. The molecule has 0 unspecified atom stereocenters. The summed E-state index contributed by atoms with van der Waals surface area (Å²) in [7, 11) is 0. The first kappa shape index (κ1) is 32.5. The summed E-state index contributed by atoms with van der Waals surface area (Å²) in [5.74, 6) is 2.63. The fraction of sp³-hybridized carbons (Fsp3) is 0. The van der Waals surface area contributed by atoms with Crippen molar-refractivity contribution in [1.29, 1.82) is 0 Å². The lowest BCUT2D eigenvalue weighted by molar-refractivity contribution is 1.07. The molecule has 7 heteroatoms. The number of fused-ring (bicyclic) bond motifs is 6. The first-order valence-electron chi connectivity index (χ1n) is 18.4. The average molecular weight is 752 g/mol. The average Bonchev–Trinajstić information content (AvgIpc) is 3.85. The number of nitrogens with zero attached hydrogens (tertiary/aromatic N) is 5. The van der Waals surface area contributed by atoms with Gasteiger partial charge >= 0.3 is 0 Å². The number of aromatic nitrogens is 5. The number of benzene rings is 7. The molecule has 4 aromatic heterocycles. The highest BCUT2D eigenvalue weighted by molar-refractivity contribution is 7.26. The van der Waals surface area contributed by atoms with Gasteiger partial charge in [-0.05, 0) is 29.3 Å². The monoisotopic (exact) mass is 751 g/mol. The Morgan fingerprint density at radius 2 is 0.839 bits per heavy atom. The molecule has 0 aliphatic rings. The molecule has 0 saturated carbocycles. The fourth-order valence-corrected chi connectivity index (χ4v) is 9.81. The number of rotatable bonds is 6. The maximum atomic E-state index is 5.30. The van der Waals surface area contributed by atoms with E-state index >= 15 is 0 Å². The highest BCUT2D eigenvalue weighted by Gasteiger charge is 2.20. The maximum Gasteiger partial charge on any atom is 0.164 e. The quantitative estimate of drug-likeness (QED) is 0.169. The molecule has 0 amide bonds. The normalized spacial score (nSPS) is 11.6. The zero-order valence-corrected chi connectivity index (χ0v) is 31.4. The Morgan fingerprint density at radius 1 is 0.304 bits per heavy atom. The second-order valence-electron chi connectivity index (χ2n) is 13.6. The molecule has 0 aliphatic heterocycles. The highest BCUT2D eigenvalue weighted by atomic mass is 32.1. The molecular formula is C49H29N5S2. The molecule has 0 spiro atoms. The second kappa shape index (κ2) is 13.4. The van der Waals surface area contributed by atoms with Crippen LogP contribution in [0.3, 0.4) is 0 Å². The molecule has 0 N–H and O–H groups in total. The van der Waals surface area contributed by atoms with E-state index in [4.69, 9.17) is 24.9 Å². The van der Waals surface area contributed by atoms with Crippen molar-refractivity contribution in [3.8, 4) is 67.9 Å². The summed E-state index contributed by atoms with van der Waals surface area (Å²) in [6, 6.07) is 60.9. The van der Waals surface area contributed by atoms with E-state index in [1.54, 1.807) is 22.7 Å². The summed E-state index contributed by atoms with van der Waals surface area (Å²) >= 11 is 3.51. The topological polar surface area (TPSA) is 64.5 Å². The van der Waals surface area contributed by atoms with Crippen molar-refractivity contribution in [2.75, 3.05) is 0 Å². The molecule has 11 rings (SSSR count). The van der Waals surface area contributed by atoms with Crippen LogP contribution in [0.2, 0.25) is 0 Å². The van der Waals surface area contributed by atoms with E-state index in [2.05, 4.69) is 133 Å². The third-order valence-electron chi connectivity index (χ3n) is 10.2. The molecule has 0 radical (unpaired) electrons. The van der Waals surface area contributed by atoms with Crippen LogP contribution < -0.4 is 0 Å². The summed E-state index contributed by atoms with van der Waals surface area (Å²) in [4.78, 5) is 25.7. The number of hydrogen-bond acceptors (Lipinski definition) is 7. The molecule has 0 bridgehead atoms. The predicted octanol–water partition coefficient (Wildman–Crippen LogP) is 13.4. The smallest absolute Gasteiger partial charge is 0.164 e. The zero-order valence-electron chi connectivity index (χ0n) is 29.8. The van der Waals surface area contributed by atoms with E-state index in [1.165, 1.54) is 21.0 Å². The molecule has 262 valence electrons. The van der Waals surface area contributed by atoms with Gasteiger partial charge in [-0.3, -0.25) is 0 Å². The molecule has 11 aromatic rings. The van der Waals surface area contributed by atoms with Crippen molar-refractivity contribution >= 4 is 63.1 Å². The van der Waals surface area contributed by atoms with Crippen molar-refractivity contribution in [3.05, 3.63) is 176 Å². The minimum absolute atomic E-state index is 0.631. The summed E-state index contributed by atoms with van der Waals surface area (Å²) in [5, 5.41) is 3.50. The van der Waals surface area contributed by atoms with Gasteiger partial charge in [0.1, 0.15) is 0 Å². The van der Waals surface area contributed by atoms with E-state index in [1.807, 2.05) is 42.5 Å². The van der Waals surface area contributed by atoms with Gasteiger partial charge in [0.05, 0.1) is 15.9 Å². The van der Waals surface area contributed by atoms with Crippen molar-refractivity contribution in [2.24, 2.45) is 0 Å². The Labute approximate surface area is 330 Å². The molecular weight excluding hydrogens is 723 g/mol. The molecule has 4 heterocycles. The fourth-order valence-electron chi connectivity index (χ4n) is 7.41. The number of thiophene rings is 2. The lowest BCUT2D eigenvalue weighted by Gasteiger charge is -2.09. The van der Waals surface area contributed by atoms with Gasteiger partial charge in [-0.15, -0.1) is 22.7 Å². The van der Waals surface area contributed by atoms with Crippen LogP contribution in [0.25, 0.3) is 108 Å². The van der Waals surface area contributed by atoms with Crippen LogP contribution in [0, 0.1) is 0 Å². The molecule has 0 atom stereocenters. The van der Waals surface area contributed by atoms with Gasteiger partial charge in [0.25, 0.3) is 0 Å². The van der Waals surface area contributed by atoms with Crippen LogP contribution in [0.1, 0.15) is 0 Å². The molecule has 5 nitrogen and oxygen atoms in total. The minimum atomic E-state index is 0.631. The van der Waals surface area contributed by atoms with Gasteiger partial charge in [0.2, 0.25) is 0 Å². The Kier molecular flexibility index (Phi) is 7.79. The van der Waals surface area contributed by atoms with Crippen LogP contribution in [0.15, 0.2) is 176 Å². The van der Waals surface area contributed by atoms with Crippen LogP contribution >= 0.6 is 22.7 Å². The van der Waals surface area contributed by atoms with Crippen molar-refractivity contribution in [3.63, 3.8) is 0 Å². The molecule has 0 fully saturated rings. The van der Waals surface area contributed by atoms with Crippen molar-refractivity contribution in [2.45, 2.75) is 0 Å². The molecule has 7 aromatic carbocycles. The lowest BCUT2D eigenvalue weighted by Crippen LogP contribution is -2.00. The lowest BCUT2D eigenvalue weighted by atomic mass is 10.0. The van der Waals surface area contributed by atoms with E-state index < -0.39 is 0 Å². The summed E-state index contributed by atoms with van der Waals surface area (Å²) in [6.07, 6.45) is 0. The molecule has 0 aliphatic carbocycles. The van der Waals surface area contributed by atoms with Gasteiger partial charge in [-0.25, -0.2) is 24.9 Å². The summed E-state index contributed by atoms with van der Waals surface area (Å²) < 4.78 is 4.61. The number of hydrogen-bond donors (Lipinski definition) is 0. The van der Waals surface area contributed by atoms with Crippen LogP contribution in [-0.2, 0) is 0 Å². The van der Waals surface area contributed by atoms with Crippen molar-refractivity contribution in [1.82, 2.24) is 24.9 Å². The maximum absolute atomic E-state index is 5.30. The highest BCUT2D eigenvalue weighted by Crippen LogP contribution is 2.43. The Morgan fingerprint density at radius 3 is 1.57 bits per heavy atom. The van der Waals surface area contributed by atoms with Gasteiger partial charge in [0.15, 0.2) is 23.3 Å². The second-order valence-corrected chi connectivity index (χ2v) is 15.8. The van der Waals surface area contributed by atoms with E-state index in [0.717, 1.165) is 69.9 Å². The van der Waals surface area contributed by atoms with Gasteiger partial charge in [-0.2, -0.15) is 0 Å². The van der Waals surface area contributed by atoms with Crippen LogP contribution in [-0.4, -0.2) is 24.9 Å². The first-order valence-corrected chi connectivity index (χ1v) is 20.0. The molecule has 0 saturated heterocycles. The van der Waals surface area contributed by atoms with E-state index in [9.17, 15) is 0 Å². The predicted molar refractivity (Wildman–Crippen MR) is 234 cm³/mol. The van der Waals surface area contributed by atoms with E-state index in [-0.39, 0.29) is 0 Å². The first-order chi connectivity index (χ1) is 27.7. The SMILES string of the molecule is c1ccc(-c2ccc(-c3nc(-c4ccccc4)nc(-c4ccc5c(c4)sc4c(-c6nc(-c7ccccc7)c7sc8ccccc8c7n6)cccc45)n3)cc2)cc1. The zero-order chi connectivity index (χ0) is 37.0. The molecule has 56 heavy (non-hydrogen) atoms. The third kappa shape index (κ3) is 5.64. The van der Waals surface area contributed by atoms with Gasteiger partial charge in [0, 0.05) is 58.1 Å². The van der Waals surface area contributed by atoms with Gasteiger partial charge < -0.3 is 0 Å².